The molecule has 1 saturated heterocycles. The largest absolute Gasteiger partial charge is 0.461 e. The topological polar surface area (TPSA) is 53.8 Å². The van der Waals surface area contributed by atoms with Gasteiger partial charge in [0, 0.05) is 33.1 Å². The van der Waals surface area contributed by atoms with Crippen LogP contribution in [0.1, 0.15) is 23.9 Å². The van der Waals surface area contributed by atoms with Crippen molar-refractivity contribution in [2.45, 2.75) is 13.3 Å². The highest BCUT2D eigenvalue weighted by molar-refractivity contribution is 5.95. The number of Topliss-reactive ketones (excluding diaryl/α,β-unsaturated/α-hetero) is 1. The van der Waals surface area contributed by atoms with Crippen LogP contribution in [0.3, 0.4) is 0 Å². The average molecular weight is 250 g/mol. The summed E-state index contributed by atoms with van der Waals surface area (Å²) in [5, 5.41) is 0. The monoisotopic (exact) mass is 250 g/mol. The third-order valence-corrected chi connectivity index (χ3v) is 3.20. The first-order valence-corrected chi connectivity index (χ1v) is 6.21. The van der Waals surface area contributed by atoms with E-state index < -0.39 is 0 Å². The third kappa shape index (κ3) is 3.20. The van der Waals surface area contributed by atoms with Crippen molar-refractivity contribution in [3.8, 4) is 0 Å². The van der Waals surface area contributed by atoms with Crippen molar-refractivity contribution in [2.75, 3.05) is 32.7 Å². The summed E-state index contributed by atoms with van der Waals surface area (Å²) >= 11 is 0. The zero-order valence-corrected chi connectivity index (χ0v) is 10.6. The predicted molar refractivity (Wildman–Crippen MR) is 66.3 cm³/mol. The summed E-state index contributed by atoms with van der Waals surface area (Å²) in [6, 6.07) is 3.40. The minimum Gasteiger partial charge on any atom is -0.461 e. The summed E-state index contributed by atoms with van der Waals surface area (Å²) in [6.45, 7) is 5.01. The quantitative estimate of drug-likeness (QED) is 0.751. The van der Waals surface area contributed by atoms with E-state index in [-0.39, 0.29) is 11.7 Å². The Kier molecular flexibility index (Phi) is 4.15. The Morgan fingerprint density at radius 2 is 2.11 bits per heavy atom. The Morgan fingerprint density at radius 3 is 2.78 bits per heavy atom. The molecule has 1 aromatic heterocycles. The Morgan fingerprint density at radius 1 is 1.28 bits per heavy atom. The van der Waals surface area contributed by atoms with E-state index in [0.29, 0.717) is 18.8 Å². The van der Waals surface area contributed by atoms with Gasteiger partial charge in [0.1, 0.15) is 0 Å². The summed E-state index contributed by atoms with van der Waals surface area (Å²) in [4.78, 5) is 27.1. The molecule has 5 nitrogen and oxygen atoms in total. The molecular weight excluding hydrogens is 232 g/mol. The third-order valence-electron chi connectivity index (χ3n) is 3.20. The van der Waals surface area contributed by atoms with Gasteiger partial charge in [0.2, 0.25) is 11.7 Å². The lowest BCUT2D eigenvalue weighted by atomic mass is 10.2. The summed E-state index contributed by atoms with van der Waals surface area (Å²) in [7, 11) is 0. The molecule has 98 valence electrons. The van der Waals surface area contributed by atoms with E-state index in [1.807, 2.05) is 4.90 Å². The number of hydrogen-bond acceptors (Lipinski definition) is 4. The van der Waals surface area contributed by atoms with Gasteiger partial charge in [-0.25, -0.2) is 0 Å². The highest BCUT2D eigenvalue weighted by Gasteiger charge is 2.19. The Labute approximate surface area is 106 Å². The number of hydrogen-bond donors (Lipinski definition) is 0. The molecule has 2 rings (SSSR count). The zero-order valence-electron chi connectivity index (χ0n) is 10.6. The molecule has 0 radical (unpaired) electrons. The number of carbonyl (C=O) groups is 2. The molecule has 18 heavy (non-hydrogen) atoms. The van der Waals surface area contributed by atoms with Crippen LogP contribution >= 0.6 is 0 Å². The second-order valence-electron chi connectivity index (χ2n) is 4.54. The number of rotatable bonds is 3. The number of nitrogens with zero attached hydrogens (tertiary/aromatic N) is 2. The SMILES string of the molecule is CC(=O)N1CCCN(CC(=O)c2ccco2)CC1. The zero-order chi connectivity index (χ0) is 13.0. The van der Waals surface area contributed by atoms with Gasteiger partial charge in [-0.2, -0.15) is 0 Å². The second kappa shape index (κ2) is 5.82. The maximum Gasteiger partial charge on any atom is 0.219 e. The Balaban J connectivity index is 1.87. The van der Waals surface area contributed by atoms with Crippen molar-refractivity contribution in [3.63, 3.8) is 0 Å². The molecule has 1 aliphatic rings. The molecule has 0 N–H and O–H groups in total. The molecule has 0 bridgehead atoms. The standard InChI is InChI=1S/C13H18N2O3/c1-11(16)15-6-3-5-14(7-8-15)10-12(17)13-4-2-9-18-13/h2,4,9H,3,5-8,10H2,1H3. The fraction of sp³-hybridized carbons (Fsp3) is 0.538. The highest BCUT2D eigenvalue weighted by Crippen LogP contribution is 2.07. The molecule has 0 aromatic carbocycles. The molecule has 1 aromatic rings. The van der Waals surface area contributed by atoms with Gasteiger partial charge in [0.05, 0.1) is 12.8 Å². The van der Waals surface area contributed by atoms with Crippen LogP contribution in [-0.2, 0) is 4.79 Å². The molecule has 0 aliphatic carbocycles. The van der Waals surface area contributed by atoms with Crippen LogP contribution in [0.5, 0.6) is 0 Å². The minimum absolute atomic E-state index is 0.00345. The van der Waals surface area contributed by atoms with Crippen molar-refractivity contribution >= 4 is 11.7 Å². The molecular formula is C13H18N2O3. The van der Waals surface area contributed by atoms with Gasteiger partial charge < -0.3 is 9.32 Å². The van der Waals surface area contributed by atoms with Crippen molar-refractivity contribution < 1.29 is 14.0 Å². The van der Waals surface area contributed by atoms with Crippen molar-refractivity contribution in [1.29, 1.82) is 0 Å². The molecule has 0 spiro atoms. The average Bonchev–Trinajstić information content (AvgIpc) is 2.77. The van der Waals surface area contributed by atoms with Gasteiger partial charge >= 0.3 is 0 Å². The molecule has 1 aliphatic heterocycles. The second-order valence-corrected chi connectivity index (χ2v) is 4.54. The minimum atomic E-state index is -0.00345. The number of carbonyl (C=O) groups excluding carboxylic acids is 2. The van der Waals surface area contributed by atoms with Crippen LogP contribution in [0.4, 0.5) is 0 Å². The first-order chi connectivity index (χ1) is 8.66. The van der Waals surface area contributed by atoms with Crippen LogP contribution < -0.4 is 0 Å². The number of ketones is 1. The van der Waals surface area contributed by atoms with Crippen LogP contribution in [0.2, 0.25) is 0 Å². The lowest BCUT2D eigenvalue weighted by molar-refractivity contribution is -0.128. The maximum absolute atomic E-state index is 11.9. The molecule has 2 heterocycles. The van der Waals surface area contributed by atoms with E-state index in [1.165, 1.54) is 6.26 Å². The molecule has 1 fully saturated rings. The first kappa shape index (κ1) is 12.8. The smallest absolute Gasteiger partial charge is 0.219 e. The van der Waals surface area contributed by atoms with E-state index >= 15 is 0 Å². The van der Waals surface area contributed by atoms with Gasteiger partial charge in [-0.15, -0.1) is 0 Å². The molecule has 0 unspecified atom stereocenters. The maximum atomic E-state index is 11.9. The molecule has 0 atom stereocenters. The van der Waals surface area contributed by atoms with Gasteiger partial charge in [-0.05, 0) is 18.6 Å². The fourth-order valence-electron chi connectivity index (χ4n) is 2.16. The summed E-state index contributed by atoms with van der Waals surface area (Å²) in [6.07, 6.45) is 2.41. The van der Waals surface area contributed by atoms with E-state index in [9.17, 15) is 9.59 Å². The van der Waals surface area contributed by atoms with Crippen LogP contribution in [0, 0.1) is 0 Å². The molecule has 0 saturated carbocycles. The van der Waals surface area contributed by atoms with Gasteiger partial charge in [-0.3, -0.25) is 14.5 Å². The molecule has 5 heteroatoms. The Hall–Kier alpha value is -1.62. The van der Waals surface area contributed by atoms with E-state index in [2.05, 4.69) is 4.90 Å². The van der Waals surface area contributed by atoms with Crippen LogP contribution in [-0.4, -0.2) is 54.2 Å². The lowest BCUT2D eigenvalue weighted by Crippen LogP contribution is -2.35. The summed E-state index contributed by atoms with van der Waals surface area (Å²) in [5.41, 5.74) is 0. The van der Waals surface area contributed by atoms with Crippen molar-refractivity contribution in [3.05, 3.63) is 24.2 Å². The summed E-state index contributed by atoms with van der Waals surface area (Å²) in [5.74, 6) is 0.508. The number of amides is 1. The normalized spacial score (nSPS) is 17.5. The molecule has 1 amide bonds. The van der Waals surface area contributed by atoms with Crippen LogP contribution in [0.15, 0.2) is 22.8 Å². The predicted octanol–water partition coefficient (Wildman–Crippen LogP) is 1.02. The van der Waals surface area contributed by atoms with Crippen LogP contribution in [0.25, 0.3) is 0 Å². The van der Waals surface area contributed by atoms with E-state index in [4.69, 9.17) is 4.42 Å². The first-order valence-electron chi connectivity index (χ1n) is 6.21. The number of furan rings is 1. The van der Waals surface area contributed by atoms with Crippen molar-refractivity contribution in [1.82, 2.24) is 9.80 Å². The highest BCUT2D eigenvalue weighted by atomic mass is 16.3. The fourth-order valence-corrected chi connectivity index (χ4v) is 2.16. The van der Waals surface area contributed by atoms with Crippen molar-refractivity contribution in [2.24, 2.45) is 0 Å². The van der Waals surface area contributed by atoms with E-state index in [0.717, 1.165) is 26.1 Å². The lowest BCUT2D eigenvalue weighted by Gasteiger charge is -2.19. The van der Waals surface area contributed by atoms with E-state index in [1.54, 1.807) is 19.1 Å². The Bertz CT molecular complexity index is 414. The summed E-state index contributed by atoms with van der Waals surface area (Å²) < 4.78 is 5.09. The van der Waals surface area contributed by atoms with Gasteiger partial charge in [0.25, 0.3) is 0 Å². The van der Waals surface area contributed by atoms with Gasteiger partial charge in [0.15, 0.2) is 5.76 Å². The van der Waals surface area contributed by atoms with Gasteiger partial charge in [-0.1, -0.05) is 0 Å².